The maximum Gasteiger partial charge on any atom is 0.325 e. The summed E-state index contributed by atoms with van der Waals surface area (Å²) in [5.74, 6) is -1.43. The number of para-hydroxylation sites is 1. The Balaban J connectivity index is 1.67. The van der Waals surface area contributed by atoms with Crippen LogP contribution in [0, 0.1) is 0 Å². The summed E-state index contributed by atoms with van der Waals surface area (Å²) in [5.41, 5.74) is 1.43. The third-order valence-corrected chi connectivity index (χ3v) is 3.84. The van der Waals surface area contributed by atoms with Gasteiger partial charge in [-0.2, -0.15) is 0 Å². The number of esters is 1. The van der Waals surface area contributed by atoms with Crippen molar-refractivity contribution in [3.8, 4) is 0 Å². The molecule has 0 unspecified atom stereocenters. The van der Waals surface area contributed by atoms with Crippen LogP contribution in [0.2, 0.25) is 0 Å². The van der Waals surface area contributed by atoms with E-state index in [1.54, 1.807) is 18.2 Å². The molecule has 2 N–H and O–H groups in total. The van der Waals surface area contributed by atoms with E-state index in [0.717, 1.165) is 10.0 Å². The van der Waals surface area contributed by atoms with E-state index in [2.05, 4.69) is 26.6 Å². The maximum atomic E-state index is 11.8. The molecule has 0 spiro atoms. The van der Waals surface area contributed by atoms with Crippen LogP contribution in [0.4, 0.5) is 5.69 Å². The molecule has 6 nitrogen and oxygen atoms in total. The molecule has 2 aromatic carbocycles. The number of hydrogen-bond acceptors (Lipinski definition) is 4. The van der Waals surface area contributed by atoms with Crippen molar-refractivity contribution in [1.29, 1.82) is 0 Å². The van der Waals surface area contributed by atoms with E-state index in [4.69, 9.17) is 4.74 Å². The summed E-state index contributed by atoms with van der Waals surface area (Å²) in [6, 6.07) is 16.3. The Labute approximate surface area is 153 Å². The Hall–Kier alpha value is -2.67. The molecule has 0 fully saturated rings. The second-order valence-corrected chi connectivity index (χ2v) is 5.98. The molecule has 0 saturated heterocycles. The van der Waals surface area contributed by atoms with E-state index in [9.17, 15) is 14.4 Å². The SMILES string of the molecule is O=C(Cc1ccccc1)NCC(=O)OCC(=O)Nc1ccccc1Br. The van der Waals surface area contributed by atoms with Crippen LogP contribution in [-0.2, 0) is 25.5 Å². The summed E-state index contributed by atoms with van der Waals surface area (Å²) in [4.78, 5) is 35.1. The van der Waals surface area contributed by atoms with Gasteiger partial charge in [0.15, 0.2) is 6.61 Å². The van der Waals surface area contributed by atoms with Crippen LogP contribution in [0.25, 0.3) is 0 Å². The number of carbonyl (C=O) groups is 3. The number of ether oxygens (including phenoxy) is 1. The topological polar surface area (TPSA) is 84.5 Å². The van der Waals surface area contributed by atoms with Gasteiger partial charge in [-0.05, 0) is 33.6 Å². The molecule has 0 aliphatic heterocycles. The zero-order valence-corrected chi connectivity index (χ0v) is 14.9. The van der Waals surface area contributed by atoms with Crippen LogP contribution < -0.4 is 10.6 Å². The minimum atomic E-state index is -0.677. The Bertz CT molecular complexity index is 750. The average molecular weight is 405 g/mol. The predicted molar refractivity (Wildman–Crippen MR) is 96.9 cm³/mol. The lowest BCUT2D eigenvalue weighted by molar-refractivity contribution is -0.147. The van der Waals surface area contributed by atoms with E-state index in [1.807, 2.05) is 36.4 Å². The van der Waals surface area contributed by atoms with Crippen LogP contribution in [0.1, 0.15) is 5.56 Å². The minimum Gasteiger partial charge on any atom is -0.454 e. The molecule has 0 saturated carbocycles. The van der Waals surface area contributed by atoms with Crippen LogP contribution in [0.15, 0.2) is 59.1 Å². The van der Waals surface area contributed by atoms with Crippen molar-refractivity contribution in [3.05, 3.63) is 64.6 Å². The maximum absolute atomic E-state index is 11.8. The van der Waals surface area contributed by atoms with Crippen molar-refractivity contribution < 1.29 is 19.1 Å². The predicted octanol–water partition coefficient (Wildman–Crippen LogP) is 2.29. The quantitative estimate of drug-likeness (QED) is 0.693. The number of halogens is 1. The van der Waals surface area contributed by atoms with Gasteiger partial charge < -0.3 is 15.4 Å². The Kier molecular flexibility index (Phi) is 7.16. The summed E-state index contributed by atoms with van der Waals surface area (Å²) in [6.07, 6.45) is 0.177. The molecule has 0 aliphatic rings. The minimum absolute atomic E-state index is 0.177. The van der Waals surface area contributed by atoms with Gasteiger partial charge in [-0.25, -0.2) is 0 Å². The fraction of sp³-hybridized carbons (Fsp3) is 0.167. The molecule has 2 rings (SSSR count). The van der Waals surface area contributed by atoms with Crippen molar-refractivity contribution >= 4 is 39.4 Å². The molecule has 25 heavy (non-hydrogen) atoms. The third-order valence-electron chi connectivity index (χ3n) is 3.15. The van der Waals surface area contributed by atoms with Gasteiger partial charge in [-0.1, -0.05) is 42.5 Å². The molecular formula is C18H17BrN2O4. The smallest absolute Gasteiger partial charge is 0.325 e. The van der Waals surface area contributed by atoms with Crippen LogP contribution >= 0.6 is 15.9 Å². The molecule has 0 atom stereocenters. The van der Waals surface area contributed by atoms with Crippen molar-refractivity contribution in [2.75, 3.05) is 18.5 Å². The van der Waals surface area contributed by atoms with Gasteiger partial charge in [0, 0.05) is 4.47 Å². The van der Waals surface area contributed by atoms with Gasteiger partial charge in [-0.3, -0.25) is 14.4 Å². The highest BCUT2D eigenvalue weighted by Crippen LogP contribution is 2.20. The van der Waals surface area contributed by atoms with Crippen molar-refractivity contribution in [1.82, 2.24) is 5.32 Å². The molecule has 130 valence electrons. The molecule has 0 aromatic heterocycles. The number of anilines is 1. The zero-order valence-electron chi connectivity index (χ0n) is 13.3. The number of amides is 2. The van der Waals surface area contributed by atoms with Gasteiger partial charge in [0.05, 0.1) is 12.1 Å². The first-order valence-corrected chi connectivity index (χ1v) is 8.34. The van der Waals surface area contributed by atoms with Crippen molar-refractivity contribution in [3.63, 3.8) is 0 Å². The highest BCUT2D eigenvalue weighted by atomic mass is 79.9. The van der Waals surface area contributed by atoms with E-state index >= 15 is 0 Å². The average Bonchev–Trinajstić information content (AvgIpc) is 2.61. The molecule has 0 bridgehead atoms. The largest absolute Gasteiger partial charge is 0.454 e. The van der Waals surface area contributed by atoms with Crippen molar-refractivity contribution in [2.24, 2.45) is 0 Å². The Morgan fingerprint density at radius 2 is 1.60 bits per heavy atom. The Morgan fingerprint density at radius 3 is 2.32 bits per heavy atom. The fourth-order valence-corrected chi connectivity index (χ4v) is 2.34. The molecule has 0 radical (unpaired) electrons. The normalized spacial score (nSPS) is 9.96. The number of hydrogen-bond donors (Lipinski definition) is 2. The van der Waals surface area contributed by atoms with Gasteiger partial charge in [-0.15, -0.1) is 0 Å². The summed E-state index contributed by atoms with van der Waals surface area (Å²) < 4.78 is 5.56. The van der Waals surface area contributed by atoms with Gasteiger partial charge in [0.25, 0.3) is 5.91 Å². The summed E-state index contributed by atoms with van der Waals surface area (Å²) >= 11 is 3.30. The van der Waals surface area contributed by atoms with Crippen molar-refractivity contribution in [2.45, 2.75) is 6.42 Å². The number of rotatable bonds is 7. The van der Waals surface area contributed by atoms with E-state index in [0.29, 0.717) is 5.69 Å². The van der Waals surface area contributed by atoms with Gasteiger partial charge in [0.2, 0.25) is 5.91 Å². The highest BCUT2D eigenvalue weighted by Gasteiger charge is 2.11. The molecule has 2 amide bonds. The molecule has 0 heterocycles. The second-order valence-electron chi connectivity index (χ2n) is 5.13. The standard InChI is InChI=1S/C18H17BrN2O4/c19-14-8-4-5-9-15(14)21-17(23)12-25-18(24)11-20-16(22)10-13-6-2-1-3-7-13/h1-9H,10-12H2,(H,20,22)(H,21,23). The summed E-state index contributed by atoms with van der Waals surface area (Å²) in [6.45, 7) is -0.706. The number of benzene rings is 2. The van der Waals surface area contributed by atoms with Gasteiger partial charge in [0.1, 0.15) is 6.54 Å². The number of carbonyl (C=O) groups excluding carboxylic acids is 3. The van der Waals surface area contributed by atoms with Gasteiger partial charge >= 0.3 is 5.97 Å². The lowest BCUT2D eigenvalue weighted by atomic mass is 10.1. The summed E-state index contributed by atoms with van der Waals surface area (Å²) in [5, 5.41) is 5.07. The van der Waals surface area contributed by atoms with Crippen LogP contribution in [0.5, 0.6) is 0 Å². The molecule has 2 aromatic rings. The van der Waals surface area contributed by atoms with E-state index < -0.39 is 18.5 Å². The monoisotopic (exact) mass is 404 g/mol. The lowest BCUT2D eigenvalue weighted by Crippen LogP contribution is -2.33. The zero-order chi connectivity index (χ0) is 18.1. The van der Waals surface area contributed by atoms with E-state index in [1.165, 1.54) is 0 Å². The Morgan fingerprint density at radius 1 is 0.920 bits per heavy atom. The van der Waals surface area contributed by atoms with E-state index in [-0.39, 0.29) is 18.9 Å². The third kappa shape index (κ3) is 6.76. The first kappa shape index (κ1) is 18.7. The number of nitrogens with one attached hydrogen (secondary N) is 2. The first-order chi connectivity index (χ1) is 12.0. The fourth-order valence-electron chi connectivity index (χ4n) is 1.96. The molecule has 7 heteroatoms. The first-order valence-electron chi connectivity index (χ1n) is 7.55. The van der Waals surface area contributed by atoms with Crippen LogP contribution in [0.3, 0.4) is 0 Å². The highest BCUT2D eigenvalue weighted by molar-refractivity contribution is 9.10. The van der Waals surface area contributed by atoms with Crippen LogP contribution in [-0.4, -0.2) is 30.9 Å². The summed E-state index contributed by atoms with van der Waals surface area (Å²) in [7, 11) is 0. The second kappa shape index (κ2) is 9.58. The lowest BCUT2D eigenvalue weighted by Gasteiger charge is -2.08. The molecular weight excluding hydrogens is 388 g/mol. The molecule has 0 aliphatic carbocycles.